The number of likely N-dealkylation sites (tertiary alicyclic amines) is 1. The summed E-state index contributed by atoms with van der Waals surface area (Å²) >= 11 is 14.2. The third kappa shape index (κ3) is 9.06. The Morgan fingerprint density at radius 2 is 1.73 bits per heavy atom. The van der Waals surface area contributed by atoms with E-state index < -0.39 is 18.1 Å². The number of carbonyl (C=O) groups excluding carboxylic acids is 2. The van der Waals surface area contributed by atoms with E-state index in [2.05, 4.69) is 22.2 Å². The van der Waals surface area contributed by atoms with Gasteiger partial charge >= 0.3 is 11.9 Å². The van der Waals surface area contributed by atoms with E-state index in [-0.39, 0.29) is 18.4 Å². The quantitative estimate of drug-likeness (QED) is 0.141. The Hall–Kier alpha value is -3.67. The van der Waals surface area contributed by atoms with Crippen molar-refractivity contribution in [3.63, 3.8) is 0 Å². The van der Waals surface area contributed by atoms with Crippen LogP contribution in [-0.2, 0) is 27.2 Å². The summed E-state index contributed by atoms with van der Waals surface area (Å²) in [5.41, 5.74) is 2.13. The molecular weight excluding hydrogens is 673 g/mol. The molecule has 254 valence electrons. The highest BCUT2D eigenvalue weighted by molar-refractivity contribution is 7.13. The normalized spacial score (nSPS) is 16.1. The summed E-state index contributed by atoms with van der Waals surface area (Å²) in [5, 5.41) is 4.19. The van der Waals surface area contributed by atoms with Crippen LogP contribution in [0.5, 0.6) is 11.5 Å². The summed E-state index contributed by atoms with van der Waals surface area (Å²) in [7, 11) is 5.17. The molecule has 1 fully saturated rings. The molecule has 5 rings (SSSR count). The van der Waals surface area contributed by atoms with Crippen LogP contribution in [0.2, 0.25) is 10.0 Å². The Morgan fingerprint density at radius 1 is 0.979 bits per heavy atom. The molecule has 9 nitrogen and oxygen atoms in total. The fraction of sp³-hybridized carbons (Fsp3) is 0.361. The Morgan fingerprint density at radius 3 is 2.44 bits per heavy atom. The molecule has 3 atom stereocenters. The summed E-state index contributed by atoms with van der Waals surface area (Å²) in [4.78, 5) is 33.4. The van der Waals surface area contributed by atoms with Gasteiger partial charge in [-0.25, -0.2) is 14.6 Å². The minimum absolute atomic E-state index is 0.222. The molecule has 3 heterocycles. The number of piperidine rings is 1. The van der Waals surface area contributed by atoms with Crippen LogP contribution in [-0.4, -0.2) is 57.3 Å². The zero-order valence-electron chi connectivity index (χ0n) is 27.2. The monoisotopic (exact) mass is 712 g/mol. The first-order chi connectivity index (χ1) is 23.3. The van der Waals surface area contributed by atoms with Crippen molar-refractivity contribution in [1.29, 1.82) is 0 Å². The number of aromatic amines is 1. The van der Waals surface area contributed by atoms with Gasteiger partial charge in [-0.05, 0) is 61.8 Å². The van der Waals surface area contributed by atoms with Crippen molar-refractivity contribution in [2.24, 2.45) is 0 Å². The van der Waals surface area contributed by atoms with E-state index in [1.807, 2.05) is 42.5 Å². The van der Waals surface area contributed by atoms with Crippen molar-refractivity contribution < 1.29 is 33.5 Å². The van der Waals surface area contributed by atoms with Crippen LogP contribution in [0, 0.1) is 0 Å². The number of methoxy groups -OCH3 is 2. The molecule has 1 aliphatic heterocycles. The molecule has 48 heavy (non-hydrogen) atoms. The number of ether oxygens (including phenoxy) is 4. The molecule has 1 aliphatic rings. The number of thiophene rings is 1. The van der Waals surface area contributed by atoms with Crippen molar-refractivity contribution in [2.45, 2.75) is 50.4 Å². The fourth-order valence-corrected chi connectivity index (χ4v) is 7.08. The molecule has 0 bridgehead atoms. The standard InChI is InChI=1S/C36H39Cl2N3O6S/c1-41-16-8-7-11-25(41)22-46-36(43)34(23-9-5-4-6-10-23)40-19-26-13-15-33(48-26)35(42)47-31(18-27-28(37)20-39-21-29(27)38)24-12-14-30(44-2)32(17-24)45-3/h4-6,9-10,12-15,17,20-21,25,31,34,40H,7-8,11,16,18-19,22H2,1-3H3/p+1/t25-,31+,34?/m1/s1. The van der Waals surface area contributed by atoms with Gasteiger partial charge in [0.1, 0.15) is 33.7 Å². The number of hydrogen-bond donors (Lipinski definition) is 1. The number of pyridine rings is 1. The highest BCUT2D eigenvalue weighted by Gasteiger charge is 2.27. The van der Waals surface area contributed by atoms with E-state index in [0.717, 1.165) is 36.2 Å². The third-order valence-corrected chi connectivity index (χ3v) is 10.2. The molecule has 2 aromatic heterocycles. The lowest BCUT2D eigenvalue weighted by Crippen LogP contribution is -2.41. The van der Waals surface area contributed by atoms with Gasteiger partial charge in [0.25, 0.3) is 0 Å². The Bertz CT molecular complexity index is 1670. The van der Waals surface area contributed by atoms with Crippen molar-refractivity contribution >= 4 is 46.5 Å². The van der Waals surface area contributed by atoms with Gasteiger partial charge in [-0.1, -0.05) is 66.0 Å². The van der Waals surface area contributed by atoms with E-state index in [4.69, 9.17) is 42.1 Å². The smallest absolute Gasteiger partial charge is 0.348 e. The third-order valence-electron chi connectivity index (χ3n) is 8.47. The molecule has 4 aromatic rings. The maximum Gasteiger partial charge on any atom is 0.348 e. The first-order valence-corrected chi connectivity index (χ1v) is 17.4. The van der Waals surface area contributed by atoms with E-state index in [1.54, 1.807) is 44.8 Å². The first kappa shape index (κ1) is 35.6. The van der Waals surface area contributed by atoms with Gasteiger partial charge in [0.05, 0.1) is 14.2 Å². The van der Waals surface area contributed by atoms with Gasteiger partial charge in [-0.3, -0.25) is 5.32 Å². The van der Waals surface area contributed by atoms with Crippen LogP contribution in [0.3, 0.4) is 0 Å². The molecule has 1 unspecified atom stereocenters. The summed E-state index contributed by atoms with van der Waals surface area (Å²) in [6.07, 6.45) is 6.06. The molecule has 1 saturated heterocycles. The van der Waals surface area contributed by atoms with Gasteiger partial charge in [0, 0.05) is 29.4 Å². The highest BCUT2D eigenvalue weighted by atomic mass is 35.5. The van der Waals surface area contributed by atoms with Crippen molar-refractivity contribution in [2.75, 3.05) is 34.4 Å². The topological polar surface area (TPSA) is 100 Å². The fourth-order valence-electron chi connectivity index (χ4n) is 5.71. The number of hydrogen-bond acceptors (Lipinski definition) is 9. The molecule has 0 radical (unpaired) electrons. The lowest BCUT2D eigenvalue weighted by molar-refractivity contribution is -0.377. The van der Waals surface area contributed by atoms with Gasteiger partial charge in [-0.15, -0.1) is 11.3 Å². The average Bonchev–Trinajstić information content (AvgIpc) is 3.58. The molecule has 2 aromatic carbocycles. The number of carbonyl (C=O) groups is 2. The van der Waals surface area contributed by atoms with Gasteiger partial charge in [0.15, 0.2) is 23.9 Å². The molecule has 0 aliphatic carbocycles. The lowest BCUT2D eigenvalue weighted by Gasteiger charge is -2.32. The zero-order chi connectivity index (χ0) is 34.0. The summed E-state index contributed by atoms with van der Waals surface area (Å²) in [5.74, 6) is 0.212. The lowest BCUT2D eigenvalue weighted by atomic mass is 10.0. The number of halogens is 2. The second-order valence-electron chi connectivity index (χ2n) is 11.6. The molecular formula is C36H40Cl2N3O6S+. The van der Waals surface area contributed by atoms with E-state index >= 15 is 0 Å². The largest absolute Gasteiger partial charge is 0.493 e. The minimum Gasteiger partial charge on any atom is -0.493 e. The number of H-pyrrole nitrogens is 1. The van der Waals surface area contributed by atoms with Crippen LogP contribution in [0.4, 0.5) is 0 Å². The number of nitrogens with zero attached hydrogens (tertiary/aromatic N) is 1. The van der Waals surface area contributed by atoms with Crippen molar-refractivity contribution in [3.8, 4) is 11.5 Å². The number of rotatable bonds is 14. The van der Waals surface area contributed by atoms with Gasteiger partial charge in [0.2, 0.25) is 0 Å². The first-order valence-electron chi connectivity index (χ1n) is 15.8. The van der Waals surface area contributed by atoms with E-state index in [1.165, 1.54) is 11.3 Å². The zero-order valence-corrected chi connectivity index (χ0v) is 29.5. The number of aromatic nitrogens is 1. The summed E-state index contributed by atoms with van der Waals surface area (Å²) in [6.45, 7) is 1.71. The second kappa shape index (κ2) is 17.1. The van der Waals surface area contributed by atoms with E-state index in [9.17, 15) is 9.59 Å². The second-order valence-corrected chi connectivity index (χ2v) is 13.6. The number of nitrogens with one attached hydrogen (secondary N) is 2. The average molecular weight is 714 g/mol. The maximum absolute atomic E-state index is 13.6. The predicted octanol–water partition coefficient (Wildman–Crippen LogP) is 6.89. The molecule has 0 spiro atoms. The molecule has 0 saturated carbocycles. The maximum atomic E-state index is 13.6. The Balaban J connectivity index is 1.29. The van der Waals surface area contributed by atoms with Crippen LogP contribution in [0.1, 0.15) is 62.6 Å². The number of benzene rings is 2. The van der Waals surface area contributed by atoms with Gasteiger partial charge in [-0.2, -0.15) is 0 Å². The van der Waals surface area contributed by atoms with Crippen LogP contribution in [0.25, 0.3) is 0 Å². The molecule has 0 amide bonds. The number of esters is 2. The highest BCUT2D eigenvalue weighted by Crippen LogP contribution is 2.36. The summed E-state index contributed by atoms with van der Waals surface area (Å²) < 4.78 is 22.8. The predicted molar refractivity (Wildman–Crippen MR) is 186 cm³/mol. The Labute approximate surface area is 295 Å². The van der Waals surface area contributed by atoms with Crippen LogP contribution < -0.4 is 19.8 Å². The SMILES string of the molecule is COc1ccc([C@H](Cc2c(Cl)c[nH+]cc2Cl)OC(=O)c2ccc(CNC(C(=O)OC[C@H]3CCCCN3C)c3ccccc3)s2)cc1OC. The minimum atomic E-state index is -0.737. The summed E-state index contributed by atoms with van der Waals surface area (Å²) in [6, 6.07) is 18.0. The van der Waals surface area contributed by atoms with Crippen molar-refractivity contribution in [1.82, 2.24) is 10.2 Å². The van der Waals surface area contributed by atoms with Crippen LogP contribution >= 0.6 is 34.5 Å². The van der Waals surface area contributed by atoms with Crippen LogP contribution in [0.15, 0.2) is 73.1 Å². The Kier molecular flexibility index (Phi) is 12.7. The van der Waals surface area contributed by atoms with Gasteiger partial charge < -0.3 is 23.8 Å². The number of likely N-dealkylation sites (N-methyl/N-ethyl adjacent to an activating group) is 1. The van der Waals surface area contributed by atoms with E-state index in [0.29, 0.717) is 50.7 Å². The molecule has 2 N–H and O–H groups in total. The molecule has 12 heteroatoms. The van der Waals surface area contributed by atoms with Crippen molar-refractivity contribution in [3.05, 3.63) is 110 Å².